The highest BCUT2D eigenvalue weighted by molar-refractivity contribution is 5.99. The minimum absolute atomic E-state index is 0.0487. The van der Waals surface area contributed by atoms with Crippen LogP contribution in [0.2, 0.25) is 0 Å². The van der Waals surface area contributed by atoms with Gasteiger partial charge in [0.05, 0.1) is 24.4 Å². The first-order valence-corrected chi connectivity index (χ1v) is 7.55. The Morgan fingerprint density at radius 2 is 2.26 bits per heavy atom. The van der Waals surface area contributed by atoms with Crippen LogP contribution in [0.4, 0.5) is 11.5 Å². The highest BCUT2D eigenvalue weighted by atomic mass is 16.2. The second-order valence-electron chi connectivity index (χ2n) is 5.66. The number of nitrogens with one attached hydrogen (secondary N) is 1. The number of anilines is 2. The lowest BCUT2D eigenvalue weighted by molar-refractivity contribution is -0.120. The van der Waals surface area contributed by atoms with Gasteiger partial charge >= 0.3 is 0 Å². The SMILES string of the molecule is Cn1cc(N2CCCC(Nc3nccn4cncc34)C2=O)cn1. The molecule has 0 spiro atoms. The van der Waals surface area contributed by atoms with Crippen LogP contribution in [-0.4, -0.2) is 42.6 Å². The molecule has 1 aliphatic rings. The molecule has 0 bridgehead atoms. The third-order valence-corrected chi connectivity index (χ3v) is 4.09. The Morgan fingerprint density at radius 3 is 3.09 bits per heavy atom. The first-order valence-electron chi connectivity index (χ1n) is 7.55. The van der Waals surface area contributed by atoms with Crippen molar-refractivity contribution in [2.45, 2.75) is 18.9 Å². The van der Waals surface area contributed by atoms with Crippen LogP contribution < -0.4 is 10.2 Å². The Balaban J connectivity index is 1.59. The van der Waals surface area contributed by atoms with E-state index in [-0.39, 0.29) is 11.9 Å². The predicted molar refractivity (Wildman–Crippen MR) is 85.2 cm³/mol. The van der Waals surface area contributed by atoms with Gasteiger partial charge in [0.25, 0.3) is 0 Å². The van der Waals surface area contributed by atoms with Crippen LogP contribution in [-0.2, 0) is 11.8 Å². The van der Waals surface area contributed by atoms with Crippen molar-refractivity contribution < 1.29 is 4.79 Å². The molecule has 8 heteroatoms. The maximum absolute atomic E-state index is 12.8. The number of aryl methyl sites for hydroxylation is 1. The van der Waals surface area contributed by atoms with Crippen molar-refractivity contribution in [1.82, 2.24) is 24.1 Å². The zero-order chi connectivity index (χ0) is 15.8. The number of nitrogens with zero attached hydrogens (tertiary/aromatic N) is 6. The Morgan fingerprint density at radius 1 is 1.35 bits per heavy atom. The summed E-state index contributed by atoms with van der Waals surface area (Å²) in [5.41, 5.74) is 1.69. The van der Waals surface area contributed by atoms with Gasteiger partial charge in [-0.1, -0.05) is 0 Å². The molecule has 1 fully saturated rings. The Kier molecular flexibility index (Phi) is 3.22. The van der Waals surface area contributed by atoms with Gasteiger partial charge in [-0.2, -0.15) is 5.10 Å². The number of fused-ring (bicyclic) bond motifs is 1. The van der Waals surface area contributed by atoms with Gasteiger partial charge in [0.2, 0.25) is 5.91 Å². The van der Waals surface area contributed by atoms with Crippen LogP contribution in [0.3, 0.4) is 0 Å². The molecule has 23 heavy (non-hydrogen) atoms. The molecule has 0 aliphatic carbocycles. The van der Waals surface area contributed by atoms with Crippen LogP contribution in [0.15, 0.2) is 37.3 Å². The van der Waals surface area contributed by atoms with Gasteiger partial charge in [-0.05, 0) is 12.8 Å². The lowest BCUT2D eigenvalue weighted by Crippen LogP contribution is -2.47. The molecule has 0 aromatic carbocycles. The molecule has 1 aliphatic heterocycles. The number of piperidine rings is 1. The van der Waals surface area contributed by atoms with Crippen LogP contribution in [0.25, 0.3) is 5.52 Å². The Hall–Kier alpha value is -2.90. The topological polar surface area (TPSA) is 80.4 Å². The summed E-state index contributed by atoms with van der Waals surface area (Å²) in [6.07, 6.45) is 12.3. The number of amides is 1. The molecule has 1 unspecified atom stereocenters. The number of imidazole rings is 1. The molecular formula is C15H17N7O. The van der Waals surface area contributed by atoms with Crippen molar-refractivity contribution in [2.75, 3.05) is 16.8 Å². The van der Waals surface area contributed by atoms with Crippen LogP contribution >= 0.6 is 0 Å². The molecular weight excluding hydrogens is 294 g/mol. The zero-order valence-electron chi connectivity index (χ0n) is 12.8. The molecule has 0 saturated carbocycles. The quantitative estimate of drug-likeness (QED) is 0.782. The lowest BCUT2D eigenvalue weighted by Gasteiger charge is -2.32. The summed E-state index contributed by atoms with van der Waals surface area (Å²) in [6.45, 7) is 0.715. The standard InChI is InChI=1S/C15H17N7O/c1-20-9-11(7-18-20)22-5-2-3-12(15(22)23)19-14-13-8-16-10-21(13)6-4-17-14/h4,6-10,12H,2-3,5H2,1H3,(H,17,19). The van der Waals surface area contributed by atoms with Crippen LogP contribution in [0.1, 0.15) is 12.8 Å². The highest BCUT2D eigenvalue weighted by Crippen LogP contribution is 2.23. The molecule has 1 atom stereocenters. The minimum atomic E-state index is -0.294. The van der Waals surface area contributed by atoms with Gasteiger partial charge in [-0.3, -0.25) is 9.48 Å². The van der Waals surface area contributed by atoms with E-state index in [4.69, 9.17) is 0 Å². The smallest absolute Gasteiger partial charge is 0.249 e. The fourth-order valence-electron chi connectivity index (χ4n) is 2.94. The molecule has 0 radical (unpaired) electrons. The van der Waals surface area contributed by atoms with E-state index in [2.05, 4.69) is 20.4 Å². The van der Waals surface area contributed by atoms with E-state index < -0.39 is 0 Å². The van der Waals surface area contributed by atoms with Gasteiger partial charge in [0, 0.05) is 32.2 Å². The summed E-state index contributed by atoms with van der Waals surface area (Å²) in [7, 11) is 1.85. The number of carbonyl (C=O) groups excluding carboxylic acids is 1. The van der Waals surface area contributed by atoms with E-state index >= 15 is 0 Å². The zero-order valence-corrected chi connectivity index (χ0v) is 12.8. The summed E-state index contributed by atoms with van der Waals surface area (Å²) in [6, 6.07) is -0.294. The van der Waals surface area contributed by atoms with Crippen LogP contribution in [0, 0.1) is 0 Å². The van der Waals surface area contributed by atoms with Crippen LogP contribution in [0.5, 0.6) is 0 Å². The normalized spacial score (nSPS) is 18.6. The molecule has 1 amide bonds. The monoisotopic (exact) mass is 311 g/mol. The fraction of sp³-hybridized carbons (Fsp3) is 0.333. The maximum Gasteiger partial charge on any atom is 0.249 e. The van der Waals surface area contributed by atoms with E-state index in [9.17, 15) is 4.79 Å². The third kappa shape index (κ3) is 2.41. The van der Waals surface area contributed by atoms with Gasteiger partial charge < -0.3 is 14.6 Å². The number of carbonyl (C=O) groups is 1. The summed E-state index contributed by atoms with van der Waals surface area (Å²) in [4.78, 5) is 23.0. The van der Waals surface area contributed by atoms with Gasteiger partial charge in [0.1, 0.15) is 11.6 Å². The Labute approximate surface area is 132 Å². The fourth-order valence-corrected chi connectivity index (χ4v) is 2.94. The summed E-state index contributed by atoms with van der Waals surface area (Å²) >= 11 is 0. The predicted octanol–water partition coefficient (Wildman–Crippen LogP) is 1.07. The highest BCUT2D eigenvalue weighted by Gasteiger charge is 2.30. The van der Waals surface area contributed by atoms with E-state index in [1.165, 1.54) is 0 Å². The minimum Gasteiger partial charge on any atom is -0.357 e. The molecule has 8 nitrogen and oxygen atoms in total. The summed E-state index contributed by atoms with van der Waals surface area (Å²) in [5, 5.41) is 7.42. The van der Waals surface area contributed by atoms with Crippen molar-refractivity contribution >= 4 is 22.9 Å². The first-order chi connectivity index (χ1) is 11.2. The number of hydrogen-bond donors (Lipinski definition) is 1. The largest absolute Gasteiger partial charge is 0.357 e. The molecule has 4 heterocycles. The van der Waals surface area contributed by atoms with Gasteiger partial charge in [-0.25, -0.2) is 9.97 Å². The molecule has 118 valence electrons. The first kappa shape index (κ1) is 13.7. The van der Waals surface area contributed by atoms with Crippen molar-refractivity contribution in [1.29, 1.82) is 0 Å². The van der Waals surface area contributed by atoms with Crippen molar-refractivity contribution in [3.8, 4) is 0 Å². The molecule has 1 N–H and O–H groups in total. The van der Waals surface area contributed by atoms with Gasteiger partial charge in [0.15, 0.2) is 5.82 Å². The second-order valence-corrected chi connectivity index (χ2v) is 5.66. The molecule has 3 aromatic rings. The van der Waals surface area contributed by atoms with Gasteiger partial charge in [-0.15, -0.1) is 0 Å². The maximum atomic E-state index is 12.8. The van der Waals surface area contributed by atoms with E-state index in [0.29, 0.717) is 12.4 Å². The van der Waals surface area contributed by atoms with Crippen molar-refractivity contribution in [3.63, 3.8) is 0 Å². The molecule has 1 saturated heterocycles. The molecule has 4 rings (SSSR count). The van der Waals surface area contributed by atoms with Crippen molar-refractivity contribution in [2.24, 2.45) is 7.05 Å². The summed E-state index contributed by atoms with van der Waals surface area (Å²) in [5.74, 6) is 0.726. The van der Waals surface area contributed by atoms with E-state index in [1.807, 2.05) is 23.8 Å². The Bertz CT molecular complexity index is 852. The number of hydrogen-bond acceptors (Lipinski definition) is 5. The van der Waals surface area contributed by atoms with E-state index in [1.54, 1.807) is 34.5 Å². The number of rotatable bonds is 3. The van der Waals surface area contributed by atoms with Crippen molar-refractivity contribution in [3.05, 3.63) is 37.3 Å². The average molecular weight is 311 g/mol. The number of aromatic nitrogens is 5. The second kappa shape index (κ2) is 5.38. The third-order valence-electron chi connectivity index (χ3n) is 4.09. The lowest BCUT2D eigenvalue weighted by atomic mass is 10.0. The van der Waals surface area contributed by atoms with E-state index in [0.717, 1.165) is 24.0 Å². The average Bonchev–Trinajstić information content (AvgIpc) is 3.18. The summed E-state index contributed by atoms with van der Waals surface area (Å²) < 4.78 is 3.58. The molecule has 3 aromatic heterocycles.